The molecule has 0 radical (unpaired) electrons. The number of benzene rings is 2. The van der Waals surface area contributed by atoms with Crippen LogP contribution < -0.4 is 4.74 Å². The molecule has 25 heavy (non-hydrogen) atoms. The fourth-order valence-electron chi connectivity index (χ4n) is 2.64. The first-order chi connectivity index (χ1) is 11.9. The number of aryl methyl sites for hydroxylation is 1. The molecule has 2 unspecified atom stereocenters. The zero-order valence-corrected chi connectivity index (χ0v) is 17.3. The monoisotopic (exact) mass is 464 g/mol. The predicted octanol–water partition coefficient (Wildman–Crippen LogP) is 6.00. The average Bonchev–Trinajstić information content (AvgIpc) is 3.00. The smallest absolute Gasteiger partial charge is 0.206 e. The van der Waals surface area contributed by atoms with Crippen LogP contribution in [0.15, 0.2) is 36.4 Å². The molecule has 0 aliphatic carbocycles. The van der Waals surface area contributed by atoms with Gasteiger partial charge < -0.3 is 14.2 Å². The van der Waals surface area contributed by atoms with Gasteiger partial charge in [0.25, 0.3) is 0 Å². The van der Waals surface area contributed by atoms with Crippen LogP contribution in [-0.2, 0) is 15.3 Å². The summed E-state index contributed by atoms with van der Waals surface area (Å²) in [7, 11) is 0. The molecule has 134 valence electrons. The summed E-state index contributed by atoms with van der Waals surface area (Å²) in [6.07, 6.45) is -0.234. The van der Waals surface area contributed by atoms with Crippen LogP contribution in [-0.4, -0.2) is 24.6 Å². The van der Waals surface area contributed by atoms with Gasteiger partial charge in [-0.1, -0.05) is 62.9 Å². The second-order valence-corrected chi connectivity index (χ2v) is 7.62. The Labute approximate surface area is 170 Å². The zero-order valence-electron chi connectivity index (χ0n) is 13.4. The van der Waals surface area contributed by atoms with Crippen LogP contribution in [0.2, 0.25) is 15.1 Å². The molecule has 1 saturated heterocycles. The van der Waals surface area contributed by atoms with E-state index < -0.39 is 5.79 Å². The van der Waals surface area contributed by atoms with Crippen molar-refractivity contribution in [3.63, 3.8) is 0 Å². The van der Waals surface area contributed by atoms with Crippen LogP contribution in [0.1, 0.15) is 11.1 Å². The van der Waals surface area contributed by atoms with Gasteiger partial charge in [0, 0.05) is 15.6 Å². The van der Waals surface area contributed by atoms with Crippen LogP contribution in [0.25, 0.3) is 0 Å². The van der Waals surface area contributed by atoms with Crippen molar-refractivity contribution in [1.29, 1.82) is 0 Å². The van der Waals surface area contributed by atoms with E-state index in [0.717, 1.165) is 16.9 Å². The maximum atomic E-state index is 6.33. The molecule has 0 bridgehead atoms. The van der Waals surface area contributed by atoms with Crippen LogP contribution >= 0.6 is 50.7 Å². The lowest BCUT2D eigenvalue weighted by molar-refractivity contribution is -0.159. The molecule has 2 atom stereocenters. The highest BCUT2D eigenvalue weighted by molar-refractivity contribution is 9.09. The summed E-state index contributed by atoms with van der Waals surface area (Å²) >= 11 is 21.8. The summed E-state index contributed by atoms with van der Waals surface area (Å²) in [5.74, 6) is -0.226. The summed E-state index contributed by atoms with van der Waals surface area (Å²) < 4.78 is 18.0. The van der Waals surface area contributed by atoms with Crippen LogP contribution in [0, 0.1) is 6.92 Å². The summed E-state index contributed by atoms with van der Waals surface area (Å²) in [6, 6.07) is 10.8. The summed E-state index contributed by atoms with van der Waals surface area (Å²) in [5, 5.41) is 2.13. The van der Waals surface area contributed by atoms with E-state index in [2.05, 4.69) is 15.9 Å². The highest BCUT2D eigenvalue weighted by Crippen LogP contribution is 2.40. The Bertz CT molecular complexity index is 771. The Morgan fingerprint density at radius 3 is 2.60 bits per heavy atom. The molecule has 1 heterocycles. The highest BCUT2D eigenvalue weighted by Gasteiger charge is 2.44. The lowest BCUT2D eigenvalue weighted by Crippen LogP contribution is -2.31. The third kappa shape index (κ3) is 4.26. The van der Waals surface area contributed by atoms with Crippen molar-refractivity contribution in [1.82, 2.24) is 0 Å². The first kappa shape index (κ1) is 19.3. The lowest BCUT2D eigenvalue weighted by atomic mass is 10.1. The third-order valence-electron chi connectivity index (χ3n) is 3.95. The SMILES string of the molecule is Cc1ccc(Cl)cc1OCC1COC(CBr)(c2ccc(Cl)cc2Cl)O1. The predicted molar refractivity (Wildman–Crippen MR) is 104 cm³/mol. The molecule has 3 rings (SSSR count). The minimum Gasteiger partial charge on any atom is -0.490 e. The maximum Gasteiger partial charge on any atom is 0.206 e. The first-order valence-electron chi connectivity index (χ1n) is 7.66. The van der Waals surface area contributed by atoms with Gasteiger partial charge in [0.2, 0.25) is 5.79 Å². The van der Waals surface area contributed by atoms with Gasteiger partial charge in [0.1, 0.15) is 18.5 Å². The number of rotatable bonds is 5. The molecular weight excluding hydrogens is 450 g/mol. The fourth-order valence-corrected chi connectivity index (χ4v) is 3.95. The van der Waals surface area contributed by atoms with E-state index in [0.29, 0.717) is 33.6 Å². The van der Waals surface area contributed by atoms with Crippen molar-refractivity contribution in [2.75, 3.05) is 18.5 Å². The quantitative estimate of drug-likeness (QED) is 0.506. The maximum absolute atomic E-state index is 6.33. The Morgan fingerprint density at radius 1 is 1.16 bits per heavy atom. The van der Waals surface area contributed by atoms with Crippen molar-refractivity contribution in [2.45, 2.75) is 18.8 Å². The molecule has 0 spiro atoms. The van der Waals surface area contributed by atoms with Gasteiger partial charge in [0.05, 0.1) is 17.0 Å². The van der Waals surface area contributed by atoms with Crippen LogP contribution in [0.5, 0.6) is 5.75 Å². The second-order valence-electron chi connectivity index (χ2n) is 5.78. The molecule has 2 aromatic carbocycles. The number of ether oxygens (including phenoxy) is 3. The molecule has 0 saturated carbocycles. The van der Waals surface area contributed by atoms with E-state index in [1.165, 1.54) is 0 Å². The van der Waals surface area contributed by atoms with Gasteiger partial charge in [-0.05, 0) is 36.8 Å². The molecule has 0 N–H and O–H groups in total. The highest BCUT2D eigenvalue weighted by atomic mass is 79.9. The van der Waals surface area contributed by atoms with Gasteiger partial charge in [-0.15, -0.1) is 0 Å². The second kappa shape index (κ2) is 8.03. The number of alkyl halides is 1. The molecule has 3 nitrogen and oxygen atoms in total. The lowest BCUT2D eigenvalue weighted by Gasteiger charge is -2.27. The third-order valence-corrected chi connectivity index (χ3v) is 5.47. The molecular formula is C18H16BrCl3O3. The Morgan fingerprint density at radius 2 is 1.88 bits per heavy atom. The molecule has 1 aliphatic heterocycles. The Kier molecular flexibility index (Phi) is 6.19. The van der Waals surface area contributed by atoms with E-state index >= 15 is 0 Å². The first-order valence-corrected chi connectivity index (χ1v) is 9.91. The van der Waals surface area contributed by atoms with Gasteiger partial charge in [-0.2, -0.15) is 0 Å². The van der Waals surface area contributed by atoms with E-state index in [1.807, 2.05) is 25.1 Å². The zero-order chi connectivity index (χ0) is 18.0. The molecule has 0 aromatic heterocycles. The largest absolute Gasteiger partial charge is 0.490 e. The van der Waals surface area contributed by atoms with Crippen LogP contribution in [0.3, 0.4) is 0 Å². The molecule has 1 aliphatic rings. The van der Waals surface area contributed by atoms with Crippen molar-refractivity contribution >= 4 is 50.7 Å². The van der Waals surface area contributed by atoms with Gasteiger partial charge in [0.15, 0.2) is 0 Å². The van der Waals surface area contributed by atoms with Gasteiger partial charge >= 0.3 is 0 Å². The number of hydrogen-bond donors (Lipinski definition) is 0. The van der Waals surface area contributed by atoms with Gasteiger partial charge in [-0.25, -0.2) is 0 Å². The summed E-state index contributed by atoms with van der Waals surface area (Å²) in [4.78, 5) is 0. The standard InChI is InChI=1S/C18H16BrCl3O3/c1-11-2-3-13(21)7-17(11)23-8-14-9-24-18(10-19,25-14)15-5-4-12(20)6-16(15)22/h2-7,14H,8-10H2,1H3. The molecule has 7 heteroatoms. The fraction of sp³-hybridized carbons (Fsp3) is 0.333. The summed E-state index contributed by atoms with van der Waals surface area (Å²) in [5.41, 5.74) is 1.74. The van der Waals surface area contributed by atoms with Crippen molar-refractivity contribution in [2.24, 2.45) is 0 Å². The van der Waals surface area contributed by atoms with Crippen molar-refractivity contribution < 1.29 is 14.2 Å². The van der Waals surface area contributed by atoms with Crippen molar-refractivity contribution in [3.05, 3.63) is 62.6 Å². The van der Waals surface area contributed by atoms with E-state index in [4.69, 9.17) is 49.0 Å². The van der Waals surface area contributed by atoms with Crippen LogP contribution in [0.4, 0.5) is 0 Å². The van der Waals surface area contributed by atoms with Crippen molar-refractivity contribution in [3.8, 4) is 5.75 Å². The van der Waals surface area contributed by atoms with Gasteiger partial charge in [-0.3, -0.25) is 0 Å². The average molecular weight is 467 g/mol. The summed E-state index contributed by atoms with van der Waals surface area (Å²) in [6.45, 7) is 2.71. The Hall–Kier alpha value is -0.490. The topological polar surface area (TPSA) is 27.7 Å². The molecule has 1 fully saturated rings. The Balaban J connectivity index is 1.72. The molecule has 0 amide bonds. The normalized spacial score (nSPS) is 23.0. The van der Waals surface area contributed by atoms with E-state index in [1.54, 1.807) is 18.2 Å². The minimum absolute atomic E-state index is 0.234. The number of hydrogen-bond acceptors (Lipinski definition) is 3. The van der Waals surface area contributed by atoms with E-state index in [9.17, 15) is 0 Å². The van der Waals surface area contributed by atoms with E-state index in [-0.39, 0.29) is 6.10 Å². The molecule has 2 aromatic rings. The minimum atomic E-state index is -0.959. The number of halogens is 4.